The zero-order valence-corrected chi connectivity index (χ0v) is 14.7. The highest BCUT2D eigenvalue weighted by molar-refractivity contribution is 7.10. The van der Waals surface area contributed by atoms with Gasteiger partial charge in [-0.15, -0.1) is 11.3 Å². The van der Waals surface area contributed by atoms with Gasteiger partial charge in [-0.05, 0) is 31.9 Å². The van der Waals surface area contributed by atoms with Gasteiger partial charge in [-0.2, -0.15) is 0 Å². The summed E-state index contributed by atoms with van der Waals surface area (Å²) in [6, 6.07) is 3.75. The molecule has 128 valence electrons. The highest BCUT2D eigenvalue weighted by atomic mass is 32.1. The summed E-state index contributed by atoms with van der Waals surface area (Å²) in [4.78, 5) is 20.8. The van der Waals surface area contributed by atoms with Crippen LogP contribution in [0.1, 0.15) is 50.1 Å². The van der Waals surface area contributed by atoms with Crippen LogP contribution in [0.2, 0.25) is 0 Å². The summed E-state index contributed by atoms with van der Waals surface area (Å²) < 4.78 is 5.72. The van der Waals surface area contributed by atoms with Crippen LogP contribution >= 0.6 is 11.3 Å². The van der Waals surface area contributed by atoms with Gasteiger partial charge in [-0.1, -0.05) is 19.3 Å². The third-order valence-corrected chi connectivity index (χ3v) is 5.26. The van der Waals surface area contributed by atoms with Crippen LogP contribution in [-0.2, 0) is 9.53 Å². The normalized spacial score (nSPS) is 16.7. The Kier molecular flexibility index (Phi) is 5.93. The van der Waals surface area contributed by atoms with E-state index in [2.05, 4.69) is 15.3 Å². The van der Waals surface area contributed by atoms with E-state index < -0.39 is 0 Å². The van der Waals surface area contributed by atoms with Crippen LogP contribution in [0, 0.1) is 0 Å². The van der Waals surface area contributed by atoms with Crippen molar-refractivity contribution in [3.8, 4) is 11.3 Å². The maximum Gasteiger partial charge on any atom is 0.246 e. The Morgan fingerprint density at radius 2 is 2.25 bits per heavy atom. The third kappa shape index (κ3) is 4.61. The molecule has 0 saturated heterocycles. The number of thiazole rings is 1. The Morgan fingerprint density at radius 1 is 1.42 bits per heavy atom. The van der Waals surface area contributed by atoms with Crippen LogP contribution in [-0.4, -0.2) is 28.6 Å². The molecule has 0 radical (unpaired) electrons. The van der Waals surface area contributed by atoms with Gasteiger partial charge in [0.05, 0.1) is 17.8 Å². The zero-order valence-electron chi connectivity index (χ0n) is 13.9. The van der Waals surface area contributed by atoms with Gasteiger partial charge in [-0.25, -0.2) is 4.98 Å². The second kappa shape index (κ2) is 8.35. The van der Waals surface area contributed by atoms with Crippen molar-refractivity contribution in [3.05, 3.63) is 34.9 Å². The third-order valence-electron chi connectivity index (χ3n) is 4.23. The molecule has 6 heteroatoms. The van der Waals surface area contributed by atoms with Gasteiger partial charge in [0, 0.05) is 23.3 Å². The lowest BCUT2D eigenvalue weighted by Crippen LogP contribution is -2.32. The molecule has 1 fully saturated rings. The minimum absolute atomic E-state index is 0.0776. The van der Waals surface area contributed by atoms with Crippen LogP contribution in [0.5, 0.6) is 0 Å². The van der Waals surface area contributed by atoms with E-state index in [0.29, 0.717) is 0 Å². The summed E-state index contributed by atoms with van der Waals surface area (Å²) in [5, 5.41) is 5.85. The van der Waals surface area contributed by atoms with Gasteiger partial charge in [0.1, 0.15) is 11.6 Å². The first kappa shape index (κ1) is 17.0. The van der Waals surface area contributed by atoms with Crippen molar-refractivity contribution in [2.45, 2.75) is 51.2 Å². The lowest BCUT2D eigenvalue weighted by molar-refractivity contribution is -0.129. The Labute approximate surface area is 146 Å². The first-order valence-electron chi connectivity index (χ1n) is 8.49. The van der Waals surface area contributed by atoms with E-state index in [0.717, 1.165) is 29.1 Å². The van der Waals surface area contributed by atoms with Crippen molar-refractivity contribution < 1.29 is 9.53 Å². The minimum atomic E-state index is -0.122. The van der Waals surface area contributed by atoms with Gasteiger partial charge < -0.3 is 10.1 Å². The molecule has 5 nitrogen and oxygen atoms in total. The predicted molar refractivity (Wildman–Crippen MR) is 94.7 cm³/mol. The molecule has 24 heavy (non-hydrogen) atoms. The molecule has 1 atom stereocenters. The summed E-state index contributed by atoms with van der Waals surface area (Å²) >= 11 is 1.55. The van der Waals surface area contributed by atoms with Crippen LogP contribution in [0.4, 0.5) is 0 Å². The molecule has 1 aliphatic carbocycles. The first-order valence-corrected chi connectivity index (χ1v) is 9.37. The highest BCUT2D eigenvalue weighted by Gasteiger charge is 2.17. The fourth-order valence-electron chi connectivity index (χ4n) is 2.90. The van der Waals surface area contributed by atoms with Crippen LogP contribution < -0.4 is 5.32 Å². The summed E-state index contributed by atoms with van der Waals surface area (Å²) in [5.41, 5.74) is 1.88. The van der Waals surface area contributed by atoms with E-state index >= 15 is 0 Å². The summed E-state index contributed by atoms with van der Waals surface area (Å²) in [6.07, 6.45) is 9.63. The van der Waals surface area contributed by atoms with Crippen molar-refractivity contribution in [1.82, 2.24) is 15.3 Å². The molecule has 0 aromatic carbocycles. The number of carbonyl (C=O) groups is 1. The molecule has 3 rings (SSSR count). The smallest absolute Gasteiger partial charge is 0.246 e. The van der Waals surface area contributed by atoms with Gasteiger partial charge >= 0.3 is 0 Å². The minimum Gasteiger partial charge on any atom is -0.368 e. The van der Waals surface area contributed by atoms with Crippen LogP contribution in [0.3, 0.4) is 0 Å². The molecule has 1 saturated carbocycles. The molecule has 1 amide bonds. The molecule has 2 aromatic rings. The average molecular weight is 345 g/mol. The fraction of sp³-hybridized carbons (Fsp3) is 0.500. The van der Waals surface area contributed by atoms with Gasteiger partial charge in [0.2, 0.25) is 5.91 Å². The lowest BCUT2D eigenvalue weighted by Gasteiger charge is -2.22. The molecule has 2 heterocycles. The van der Waals surface area contributed by atoms with E-state index in [9.17, 15) is 4.79 Å². The maximum atomic E-state index is 12.1. The molecular weight excluding hydrogens is 322 g/mol. The topological polar surface area (TPSA) is 64.1 Å². The maximum absolute atomic E-state index is 12.1. The van der Waals surface area contributed by atoms with Crippen molar-refractivity contribution in [2.75, 3.05) is 6.61 Å². The number of carbonyl (C=O) groups excluding carboxylic acids is 1. The molecule has 0 bridgehead atoms. The van der Waals surface area contributed by atoms with E-state index in [4.69, 9.17) is 4.74 Å². The molecular formula is C18H23N3O2S. The van der Waals surface area contributed by atoms with Gasteiger partial charge in [-0.3, -0.25) is 9.78 Å². The van der Waals surface area contributed by atoms with Crippen molar-refractivity contribution in [1.29, 1.82) is 0 Å². The molecule has 1 aliphatic rings. The Morgan fingerprint density at radius 3 is 3.00 bits per heavy atom. The average Bonchev–Trinajstić information content (AvgIpc) is 3.12. The standard InChI is InChI=1S/C18H23N3O2S/c1-13(20-17(22)11-23-15-7-3-2-4-8-15)18-21-16(12-24-18)14-6-5-9-19-10-14/h5-6,9-10,12-13,15H,2-4,7-8,11H2,1H3,(H,20,22). The molecule has 0 spiro atoms. The van der Waals surface area contributed by atoms with Gasteiger partial charge in [0.25, 0.3) is 0 Å². The number of nitrogens with one attached hydrogen (secondary N) is 1. The number of nitrogens with zero attached hydrogens (tertiary/aromatic N) is 2. The van der Waals surface area contributed by atoms with Crippen LogP contribution in [0.15, 0.2) is 29.9 Å². The number of pyridine rings is 1. The van der Waals surface area contributed by atoms with E-state index in [1.165, 1.54) is 19.3 Å². The molecule has 1 N–H and O–H groups in total. The monoisotopic (exact) mass is 345 g/mol. The van der Waals surface area contributed by atoms with E-state index in [1.54, 1.807) is 23.7 Å². The lowest BCUT2D eigenvalue weighted by atomic mass is 9.98. The van der Waals surface area contributed by atoms with Crippen molar-refractivity contribution in [3.63, 3.8) is 0 Å². The Balaban J connectivity index is 1.50. The number of ether oxygens (including phenoxy) is 1. The van der Waals surface area contributed by atoms with E-state index in [-0.39, 0.29) is 24.7 Å². The quantitative estimate of drug-likeness (QED) is 0.866. The highest BCUT2D eigenvalue weighted by Crippen LogP contribution is 2.25. The number of hydrogen-bond donors (Lipinski definition) is 1. The summed E-state index contributed by atoms with van der Waals surface area (Å²) in [7, 11) is 0. The second-order valence-electron chi connectivity index (χ2n) is 6.17. The predicted octanol–water partition coefficient (Wildman–Crippen LogP) is 3.73. The second-order valence-corrected chi connectivity index (χ2v) is 7.06. The fourth-order valence-corrected chi connectivity index (χ4v) is 3.74. The molecule has 2 aromatic heterocycles. The Hall–Kier alpha value is -1.79. The molecule has 1 unspecified atom stereocenters. The summed E-state index contributed by atoms with van der Waals surface area (Å²) in [6.45, 7) is 2.08. The Bertz CT molecular complexity index is 653. The number of amides is 1. The largest absolute Gasteiger partial charge is 0.368 e. The number of rotatable bonds is 6. The molecule has 0 aliphatic heterocycles. The first-order chi connectivity index (χ1) is 11.7. The number of hydrogen-bond acceptors (Lipinski definition) is 5. The SMILES string of the molecule is CC(NC(=O)COC1CCCCC1)c1nc(-c2cccnc2)cs1. The van der Waals surface area contributed by atoms with Gasteiger partial charge in [0.15, 0.2) is 0 Å². The van der Waals surface area contributed by atoms with Crippen LogP contribution in [0.25, 0.3) is 11.3 Å². The van der Waals surface area contributed by atoms with Crippen molar-refractivity contribution in [2.24, 2.45) is 0 Å². The summed E-state index contributed by atoms with van der Waals surface area (Å²) in [5.74, 6) is -0.0776. The zero-order chi connectivity index (χ0) is 16.8. The van der Waals surface area contributed by atoms with Crippen molar-refractivity contribution >= 4 is 17.2 Å². The number of aromatic nitrogens is 2. The van der Waals surface area contributed by atoms with E-state index in [1.807, 2.05) is 24.4 Å².